The summed E-state index contributed by atoms with van der Waals surface area (Å²) in [5, 5.41) is 4.84. The lowest BCUT2D eigenvalue weighted by Gasteiger charge is -2.27. The fraction of sp³-hybridized carbons (Fsp3) is 0.269. The molecule has 70 heavy (non-hydrogen) atoms. The number of H-pyrrole nitrogens is 2. The number of carbonyl (C=O) groups is 6. The Bertz CT molecular complexity index is 2960. The number of hydrogen-bond acceptors (Lipinski definition) is 12. The van der Waals surface area contributed by atoms with Crippen molar-refractivity contribution < 1.29 is 47.7 Å². The van der Waals surface area contributed by atoms with E-state index in [1.807, 2.05) is 78.9 Å². The number of methoxy groups -OCH3 is 2. The summed E-state index contributed by atoms with van der Waals surface area (Å²) in [7, 11) is 2.32. The van der Waals surface area contributed by atoms with Crippen molar-refractivity contribution in [3.8, 4) is 23.1 Å². The van der Waals surface area contributed by atoms with E-state index >= 15 is 0 Å². The van der Waals surface area contributed by atoms with Gasteiger partial charge < -0.3 is 44.0 Å². The highest BCUT2D eigenvalue weighted by Crippen LogP contribution is 2.35. The summed E-state index contributed by atoms with van der Waals surface area (Å²) in [5.41, 5.74) is 6.64. The summed E-state index contributed by atoms with van der Waals surface area (Å²) in [6.07, 6.45) is 1.17. The molecule has 0 unspecified atom stereocenters. The third-order valence-corrected chi connectivity index (χ3v) is 11.9. The van der Waals surface area contributed by atoms with Crippen LogP contribution in [0.3, 0.4) is 0 Å². The number of aromatic nitrogens is 4. The lowest BCUT2D eigenvalue weighted by atomic mass is 10.1. The highest BCUT2D eigenvalue weighted by atomic mass is 16.6. The predicted molar refractivity (Wildman–Crippen MR) is 254 cm³/mol. The van der Waals surface area contributed by atoms with Crippen molar-refractivity contribution in [1.29, 1.82) is 0 Å². The predicted octanol–water partition coefficient (Wildman–Crippen LogP) is 6.17. The Morgan fingerprint density at radius 2 is 1.41 bits per heavy atom. The van der Waals surface area contributed by atoms with Gasteiger partial charge in [-0.2, -0.15) is 0 Å². The molecule has 4 N–H and O–H groups in total. The Morgan fingerprint density at radius 3 is 2.11 bits per heavy atom. The summed E-state index contributed by atoms with van der Waals surface area (Å²) in [6.45, 7) is 4.57. The lowest BCUT2D eigenvalue weighted by molar-refractivity contribution is -0.154. The zero-order chi connectivity index (χ0) is 49.1. The number of imidazole rings is 2. The Hall–Kier alpha value is -8.72. The normalized spacial score (nSPS) is 16.1. The van der Waals surface area contributed by atoms with Gasteiger partial charge in [0.2, 0.25) is 11.9 Å². The zero-order valence-corrected chi connectivity index (χ0v) is 38.4. The molecule has 0 spiro atoms. The molecule has 2 aromatic heterocycles. The standard InChI is InChI=1S/C52H50N8O10/c1-32-25-43(60(29-32)49(63)45(58-52(66)68-3)50(64)70-31-36-13-8-5-9-14-36)46-53-28-41(56-46)37-21-18-33(19-22-37)16-17-34-20-23-38-39(26-34)55-47(54-38)42-15-10-24-59(42)48(62)40(57-51(65)67-2)27-44(61)69-30-35-11-6-4-7-12-35/h4-9,11-14,18-23,26,28,40,42-43,45H,1,10,15,24-25,27,29-31H2,2-3H3,(H,53,56)(H,54,55)(H,57,65)(H,58,66)/t40-,42+,43+,45+/m1/s1. The van der Waals surface area contributed by atoms with Crippen LogP contribution in [0.1, 0.15) is 71.7 Å². The van der Waals surface area contributed by atoms with E-state index in [1.54, 1.807) is 35.4 Å². The highest BCUT2D eigenvalue weighted by molar-refractivity contribution is 6.04. The van der Waals surface area contributed by atoms with Gasteiger partial charge in [-0.3, -0.25) is 19.7 Å². The number of aromatic amines is 2. The van der Waals surface area contributed by atoms with Crippen LogP contribution in [-0.2, 0) is 51.3 Å². The van der Waals surface area contributed by atoms with Crippen molar-refractivity contribution in [2.45, 2.75) is 63.1 Å². The Morgan fingerprint density at radius 1 is 0.757 bits per heavy atom. The number of likely N-dealkylation sites (tertiary alicyclic amines) is 2. The Balaban J connectivity index is 0.912. The van der Waals surface area contributed by atoms with Gasteiger partial charge in [-0.05, 0) is 66.3 Å². The number of nitrogens with zero attached hydrogens (tertiary/aromatic N) is 4. The van der Waals surface area contributed by atoms with E-state index in [1.165, 1.54) is 12.0 Å². The minimum atomic E-state index is -1.67. The third kappa shape index (κ3) is 11.5. The van der Waals surface area contributed by atoms with E-state index in [0.717, 1.165) is 40.5 Å². The molecule has 8 rings (SSSR count). The SMILES string of the molecule is C=C1C[C@@H](c2ncc(-c3ccc(C#Cc4ccc5nc([C@@H]6CCCN6C(=O)[C@@H](CC(=O)OCc6ccccc6)NC(=O)OC)[nH]c5c4)cc3)[nH]2)N(C(=O)[C@H](NC(=O)OC)C(=O)OCc2ccccc2)C1. The number of alkyl carbamates (subject to hydrolysis) is 2. The average molecular weight is 947 g/mol. The van der Waals surface area contributed by atoms with Crippen LogP contribution in [-0.4, -0.2) is 105 Å². The molecule has 4 atom stereocenters. The minimum Gasteiger partial charge on any atom is -0.461 e. The number of ether oxygens (including phenoxy) is 4. The van der Waals surface area contributed by atoms with Crippen molar-refractivity contribution in [3.05, 3.63) is 155 Å². The molecule has 2 fully saturated rings. The van der Waals surface area contributed by atoms with Crippen LogP contribution in [0.4, 0.5) is 9.59 Å². The topological polar surface area (TPSA) is 227 Å². The first-order valence-electron chi connectivity index (χ1n) is 22.5. The molecule has 4 heterocycles. The number of carbonyl (C=O) groups excluding carboxylic acids is 6. The van der Waals surface area contributed by atoms with Gasteiger partial charge in [0, 0.05) is 24.2 Å². The van der Waals surface area contributed by atoms with Crippen molar-refractivity contribution in [2.24, 2.45) is 0 Å². The van der Waals surface area contributed by atoms with E-state index in [4.69, 9.17) is 23.9 Å². The van der Waals surface area contributed by atoms with Crippen LogP contribution in [0, 0.1) is 11.8 Å². The first-order valence-corrected chi connectivity index (χ1v) is 22.5. The lowest BCUT2D eigenvalue weighted by Crippen LogP contribution is -2.53. The molecule has 2 aliphatic rings. The van der Waals surface area contributed by atoms with E-state index in [2.05, 4.69) is 44.0 Å². The second kappa shape index (κ2) is 21.9. The van der Waals surface area contributed by atoms with Gasteiger partial charge >= 0.3 is 24.1 Å². The molecule has 6 aromatic rings. The van der Waals surface area contributed by atoms with E-state index in [9.17, 15) is 28.8 Å². The zero-order valence-electron chi connectivity index (χ0n) is 38.4. The number of amides is 4. The van der Waals surface area contributed by atoms with Crippen LogP contribution in [0.5, 0.6) is 0 Å². The number of benzene rings is 4. The van der Waals surface area contributed by atoms with Gasteiger partial charge in [0.15, 0.2) is 0 Å². The second-order valence-corrected chi connectivity index (χ2v) is 16.7. The van der Waals surface area contributed by atoms with Crippen molar-refractivity contribution >= 4 is 47.0 Å². The van der Waals surface area contributed by atoms with Crippen molar-refractivity contribution in [2.75, 3.05) is 27.3 Å². The Kier molecular flexibility index (Phi) is 15.0. The molecular weight excluding hydrogens is 897 g/mol. The maximum absolute atomic E-state index is 14.0. The average Bonchev–Trinajstić information content (AvgIpc) is 4.23. The van der Waals surface area contributed by atoms with Crippen LogP contribution in [0.25, 0.3) is 22.3 Å². The molecule has 0 saturated carbocycles. The fourth-order valence-electron chi connectivity index (χ4n) is 8.33. The molecule has 0 radical (unpaired) electrons. The quantitative estimate of drug-likeness (QED) is 0.0316. The fourth-order valence-corrected chi connectivity index (χ4v) is 8.33. The van der Waals surface area contributed by atoms with Crippen LogP contribution < -0.4 is 10.6 Å². The molecule has 4 amide bonds. The highest BCUT2D eigenvalue weighted by Gasteiger charge is 2.42. The molecule has 18 nitrogen and oxygen atoms in total. The van der Waals surface area contributed by atoms with Crippen molar-refractivity contribution in [1.82, 2.24) is 40.4 Å². The molecule has 358 valence electrons. The molecule has 2 saturated heterocycles. The molecule has 18 heteroatoms. The minimum absolute atomic E-state index is 0.0302. The largest absolute Gasteiger partial charge is 0.461 e. The van der Waals surface area contributed by atoms with E-state index < -0.39 is 60.1 Å². The van der Waals surface area contributed by atoms with Crippen LogP contribution in [0.15, 0.2) is 121 Å². The molecule has 0 aliphatic carbocycles. The molecule has 4 aromatic carbocycles. The van der Waals surface area contributed by atoms with Gasteiger partial charge in [-0.1, -0.05) is 96.8 Å². The summed E-state index contributed by atoms with van der Waals surface area (Å²) in [6, 6.07) is 27.4. The van der Waals surface area contributed by atoms with Crippen molar-refractivity contribution in [3.63, 3.8) is 0 Å². The first-order chi connectivity index (χ1) is 34.0. The maximum atomic E-state index is 14.0. The van der Waals surface area contributed by atoms with E-state index in [0.29, 0.717) is 54.2 Å². The van der Waals surface area contributed by atoms with Gasteiger partial charge in [0.1, 0.15) is 30.9 Å². The number of esters is 2. The molecule has 2 aliphatic heterocycles. The van der Waals surface area contributed by atoms with Gasteiger partial charge in [-0.15, -0.1) is 0 Å². The summed E-state index contributed by atoms with van der Waals surface area (Å²) in [5.74, 6) is 4.75. The Labute approximate surface area is 402 Å². The number of rotatable bonds is 14. The summed E-state index contributed by atoms with van der Waals surface area (Å²) >= 11 is 0. The van der Waals surface area contributed by atoms with Gasteiger partial charge in [0.25, 0.3) is 5.91 Å². The molecule has 0 bridgehead atoms. The number of hydrogen-bond donors (Lipinski definition) is 4. The van der Waals surface area contributed by atoms with Crippen LogP contribution in [0.2, 0.25) is 0 Å². The summed E-state index contributed by atoms with van der Waals surface area (Å²) in [4.78, 5) is 97.7. The van der Waals surface area contributed by atoms with E-state index in [-0.39, 0.29) is 26.2 Å². The first kappa shape index (κ1) is 47.8. The molecular formula is C52H50N8O10. The maximum Gasteiger partial charge on any atom is 0.407 e. The van der Waals surface area contributed by atoms with Gasteiger partial charge in [0.05, 0.1) is 55.6 Å². The van der Waals surface area contributed by atoms with Gasteiger partial charge in [-0.25, -0.2) is 24.4 Å². The number of fused-ring (bicyclic) bond motifs is 1. The number of nitrogens with one attached hydrogen (secondary N) is 4. The second-order valence-electron chi connectivity index (χ2n) is 16.7. The summed E-state index contributed by atoms with van der Waals surface area (Å²) < 4.78 is 20.3. The smallest absolute Gasteiger partial charge is 0.407 e. The third-order valence-electron chi connectivity index (χ3n) is 11.9. The van der Waals surface area contributed by atoms with Crippen LogP contribution >= 0.6 is 0 Å². The monoisotopic (exact) mass is 946 g/mol.